The van der Waals surface area contributed by atoms with Gasteiger partial charge in [0, 0.05) is 37.7 Å². The number of benzene rings is 1. The molecule has 0 saturated carbocycles. The summed E-state index contributed by atoms with van der Waals surface area (Å²) in [6.45, 7) is 3.72. The molecule has 0 bridgehead atoms. The molecule has 22 heavy (non-hydrogen) atoms. The number of hydrogen-bond donors (Lipinski definition) is 2. The molecular formula is C17H24N2O3. The van der Waals surface area contributed by atoms with Crippen molar-refractivity contribution in [2.75, 3.05) is 19.0 Å². The van der Waals surface area contributed by atoms with Crippen LogP contribution in [0.2, 0.25) is 0 Å². The van der Waals surface area contributed by atoms with Crippen LogP contribution in [0.5, 0.6) is 0 Å². The average Bonchev–Trinajstić information content (AvgIpc) is 2.51. The molecule has 1 rings (SSSR count). The maximum Gasteiger partial charge on any atom is 0.243 e. The molecule has 0 aliphatic heterocycles. The van der Waals surface area contributed by atoms with Gasteiger partial charge in [0.05, 0.1) is 0 Å². The van der Waals surface area contributed by atoms with Crippen LogP contribution in [0.4, 0.5) is 5.69 Å². The van der Waals surface area contributed by atoms with E-state index in [0.717, 1.165) is 11.3 Å². The Kier molecular flexibility index (Phi) is 6.79. The Balaban J connectivity index is 2.69. The molecule has 0 saturated heterocycles. The Morgan fingerprint density at radius 3 is 2.32 bits per heavy atom. The van der Waals surface area contributed by atoms with Crippen LogP contribution in [-0.4, -0.2) is 31.0 Å². The number of anilines is 1. The maximum absolute atomic E-state index is 12.4. The van der Waals surface area contributed by atoms with E-state index in [-0.39, 0.29) is 18.1 Å². The predicted molar refractivity (Wildman–Crippen MR) is 87.2 cm³/mol. The normalized spacial score (nSPS) is 12.7. The average molecular weight is 304 g/mol. The molecule has 0 aliphatic rings. The zero-order chi connectivity index (χ0) is 16.7. The van der Waals surface area contributed by atoms with E-state index in [9.17, 15) is 9.59 Å². The van der Waals surface area contributed by atoms with Gasteiger partial charge in [0.2, 0.25) is 5.91 Å². The van der Waals surface area contributed by atoms with Gasteiger partial charge in [-0.05, 0) is 37.6 Å². The van der Waals surface area contributed by atoms with Gasteiger partial charge in [-0.2, -0.15) is 0 Å². The van der Waals surface area contributed by atoms with Crippen molar-refractivity contribution in [2.45, 2.75) is 26.7 Å². The molecule has 1 amide bonds. The number of nitrogens with one attached hydrogen (secondary N) is 1. The summed E-state index contributed by atoms with van der Waals surface area (Å²) in [5.74, 6) is -0.621. The summed E-state index contributed by atoms with van der Waals surface area (Å²) >= 11 is 0. The fourth-order valence-corrected chi connectivity index (χ4v) is 2.14. The summed E-state index contributed by atoms with van der Waals surface area (Å²) in [7, 11) is 3.90. The molecule has 0 aliphatic carbocycles. The minimum absolute atomic E-state index is 0.0521. The molecule has 1 atom stereocenters. The Bertz CT molecular complexity index is 548. The van der Waals surface area contributed by atoms with Gasteiger partial charge < -0.3 is 4.90 Å². The topological polar surface area (TPSA) is 69.6 Å². The Morgan fingerprint density at radius 1 is 1.23 bits per heavy atom. The van der Waals surface area contributed by atoms with Gasteiger partial charge in [0.15, 0.2) is 5.78 Å². The highest BCUT2D eigenvalue weighted by Gasteiger charge is 2.13. The summed E-state index contributed by atoms with van der Waals surface area (Å²) in [5, 5.41) is 8.45. The van der Waals surface area contributed by atoms with Crippen molar-refractivity contribution in [1.82, 2.24) is 5.48 Å². The van der Waals surface area contributed by atoms with Crippen LogP contribution in [0.25, 0.3) is 0 Å². The lowest BCUT2D eigenvalue weighted by atomic mass is 9.96. The van der Waals surface area contributed by atoms with E-state index in [0.29, 0.717) is 12.0 Å². The SMILES string of the molecule is C/C(=C/[C@@H](C)C(=O)c1ccc(N(C)C)cc1)CCC(=O)NO. The van der Waals surface area contributed by atoms with Crippen molar-refractivity contribution >= 4 is 17.4 Å². The highest BCUT2D eigenvalue weighted by molar-refractivity contribution is 5.99. The fraction of sp³-hybridized carbons (Fsp3) is 0.412. The standard InChI is InChI=1S/C17H24N2O3/c1-12(5-10-16(20)18-22)11-13(2)17(21)14-6-8-15(9-7-14)19(3)4/h6-9,11,13,22H,5,10H2,1-4H3,(H,18,20)/b12-11-/t13-/m1/s1. The first kappa shape index (κ1) is 17.9. The Morgan fingerprint density at radius 2 is 1.82 bits per heavy atom. The Hall–Kier alpha value is -2.14. The van der Waals surface area contributed by atoms with Crippen LogP contribution in [0.3, 0.4) is 0 Å². The molecule has 0 aromatic heterocycles. The minimum Gasteiger partial charge on any atom is -0.378 e. The van der Waals surface area contributed by atoms with Crippen molar-refractivity contribution in [1.29, 1.82) is 0 Å². The van der Waals surface area contributed by atoms with Crippen LogP contribution < -0.4 is 10.4 Å². The van der Waals surface area contributed by atoms with Crippen LogP contribution >= 0.6 is 0 Å². The smallest absolute Gasteiger partial charge is 0.243 e. The van der Waals surface area contributed by atoms with Gasteiger partial charge in [-0.15, -0.1) is 0 Å². The van der Waals surface area contributed by atoms with Crippen molar-refractivity contribution in [3.63, 3.8) is 0 Å². The van der Waals surface area contributed by atoms with Crippen molar-refractivity contribution < 1.29 is 14.8 Å². The molecule has 0 unspecified atom stereocenters. The van der Waals surface area contributed by atoms with Gasteiger partial charge in [-0.25, -0.2) is 5.48 Å². The van der Waals surface area contributed by atoms with E-state index >= 15 is 0 Å². The number of Topliss-reactive ketones (excluding diaryl/α,β-unsaturated/α-hetero) is 1. The van der Waals surface area contributed by atoms with Crippen LogP contribution in [0.1, 0.15) is 37.0 Å². The molecule has 0 spiro atoms. The van der Waals surface area contributed by atoms with E-state index in [1.165, 1.54) is 0 Å². The van der Waals surface area contributed by atoms with E-state index in [4.69, 9.17) is 5.21 Å². The molecule has 2 N–H and O–H groups in total. The second-order valence-corrected chi connectivity index (χ2v) is 5.64. The number of hydrogen-bond acceptors (Lipinski definition) is 4. The lowest BCUT2D eigenvalue weighted by Crippen LogP contribution is -2.18. The third kappa shape index (κ3) is 5.33. The number of hydroxylamine groups is 1. The minimum atomic E-state index is -0.425. The van der Waals surface area contributed by atoms with Crippen LogP contribution in [-0.2, 0) is 4.79 Å². The summed E-state index contributed by atoms with van der Waals surface area (Å²) in [6, 6.07) is 7.50. The number of carbonyl (C=O) groups is 2. The molecule has 5 heteroatoms. The number of rotatable bonds is 7. The molecule has 0 heterocycles. The molecule has 0 radical (unpaired) electrons. The second-order valence-electron chi connectivity index (χ2n) is 5.64. The predicted octanol–water partition coefficient (Wildman–Crippen LogP) is 2.80. The highest BCUT2D eigenvalue weighted by Crippen LogP contribution is 2.17. The Labute approximate surface area is 131 Å². The van der Waals surface area contributed by atoms with Gasteiger partial charge >= 0.3 is 0 Å². The van der Waals surface area contributed by atoms with Gasteiger partial charge in [-0.3, -0.25) is 14.8 Å². The summed E-state index contributed by atoms with van der Waals surface area (Å²) in [6.07, 6.45) is 2.59. The molecule has 1 aromatic rings. The lowest BCUT2D eigenvalue weighted by Gasteiger charge is -2.13. The lowest BCUT2D eigenvalue weighted by molar-refractivity contribution is -0.129. The quantitative estimate of drug-likeness (QED) is 0.352. The first-order valence-corrected chi connectivity index (χ1v) is 7.27. The van der Waals surface area contributed by atoms with Crippen molar-refractivity contribution in [2.24, 2.45) is 5.92 Å². The first-order valence-electron chi connectivity index (χ1n) is 7.27. The summed E-state index contributed by atoms with van der Waals surface area (Å²) in [5.41, 5.74) is 4.28. The van der Waals surface area contributed by atoms with E-state index in [1.807, 2.05) is 63.2 Å². The summed E-state index contributed by atoms with van der Waals surface area (Å²) < 4.78 is 0. The molecular weight excluding hydrogens is 280 g/mol. The fourth-order valence-electron chi connectivity index (χ4n) is 2.14. The van der Waals surface area contributed by atoms with Crippen molar-refractivity contribution in [3.8, 4) is 0 Å². The van der Waals surface area contributed by atoms with Gasteiger partial charge in [0.25, 0.3) is 0 Å². The van der Waals surface area contributed by atoms with E-state index in [2.05, 4.69) is 0 Å². The molecule has 1 aromatic carbocycles. The first-order chi connectivity index (χ1) is 10.3. The number of carbonyl (C=O) groups excluding carboxylic acids is 2. The van der Waals surface area contributed by atoms with Gasteiger partial charge in [0.1, 0.15) is 0 Å². The highest BCUT2D eigenvalue weighted by atomic mass is 16.5. The maximum atomic E-state index is 12.4. The largest absolute Gasteiger partial charge is 0.378 e. The third-order valence-electron chi connectivity index (χ3n) is 3.49. The van der Waals surface area contributed by atoms with E-state index in [1.54, 1.807) is 5.48 Å². The third-order valence-corrected chi connectivity index (χ3v) is 3.49. The molecule has 0 fully saturated rings. The number of allylic oxidation sites excluding steroid dienone is 2. The van der Waals surface area contributed by atoms with Crippen LogP contribution in [0, 0.1) is 5.92 Å². The number of ketones is 1. The monoisotopic (exact) mass is 304 g/mol. The van der Waals surface area contributed by atoms with Crippen molar-refractivity contribution in [3.05, 3.63) is 41.5 Å². The second kappa shape index (κ2) is 8.34. The number of nitrogens with zero attached hydrogens (tertiary/aromatic N) is 1. The molecule has 120 valence electrons. The zero-order valence-electron chi connectivity index (χ0n) is 13.6. The summed E-state index contributed by atoms with van der Waals surface area (Å²) in [4.78, 5) is 25.3. The zero-order valence-corrected chi connectivity index (χ0v) is 13.6. The number of amides is 1. The van der Waals surface area contributed by atoms with Gasteiger partial charge in [-0.1, -0.05) is 18.6 Å². The molecule has 5 nitrogen and oxygen atoms in total. The van der Waals surface area contributed by atoms with Crippen LogP contribution in [0.15, 0.2) is 35.9 Å². The van der Waals surface area contributed by atoms with E-state index < -0.39 is 5.91 Å².